The molecule has 0 atom stereocenters. The quantitative estimate of drug-likeness (QED) is 0.836. The number of carbonyl (C=O) groups is 1. The molecule has 0 bridgehead atoms. The van der Waals surface area contributed by atoms with E-state index in [1.165, 1.54) is 0 Å². The number of amides is 1. The fourth-order valence-corrected chi connectivity index (χ4v) is 1.70. The molecule has 5 nitrogen and oxygen atoms in total. The molecular weight excluding hydrogens is 254 g/mol. The van der Waals surface area contributed by atoms with Crippen LogP contribution >= 0.6 is 0 Å². The molecule has 3 N–H and O–H groups in total. The Hall–Kier alpha value is -2.40. The lowest BCUT2D eigenvalue weighted by molar-refractivity contribution is -0.115. The molecule has 1 aromatic heterocycles. The number of ether oxygens (including phenoxy) is 1. The number of benzene rings is 1. The summed E-state index contributed by atoms with van der Waals surface area (Å²) < 4.78 is 5.36. The Bertz CT molecular complexity index is 541. The van der Waals surface area contributed by atoms with Gasteiger partial charge < -0.3 is 15.8 Å². The number of pyridine rings is 1. The Labute approximate surface area is 117 Å². The third kappa shape index (κ3) is 4.37. The van der Waals surface area contributed by atoms with E-state index in [1.54, 1.807) is 36.7 Å². The predicted octanol–water partition coefficient (Wildman–Crippen LogP) is 1.60. The first-order valence-electron chi connectivity index (χ1n) is 6.39. The lowest BCUT2D eigenvalue weighted by Gasteiger charge is -2.07. The van der Waals surface area contributed by atoms with E-state index in [0.717, 1.165) is 17.0 Å². The normalized spacial score (nSPS) is 10.1. The molecule has 0 unspecified atom stereocenters. The number of nitrogens with one attached hydrogen (secondary N) is 1. The highest BCUT2D eigenvalue weighted by Gasteiger charge is 2.04. The van der Waals surface area contributed by atoms with Gasteiger partial charge in [0, 0.05) is 24.6 Å². The van der Waals surface area contributed by atoms with Crippen LogP contribution in [0.1, 0.15) is 5.56 Å². The van der Waals surface area contributed by atoms with Gasteiger partial charge in [-0.25, -0.2) is 0 Å². The molecule has 20 heavy (non-hydrogen) atoms. The van der Waals surface area contributed by atoms with Crippen LogP contribution in [0.25, 0.3) is 0 Å². The van der Waals surface area contributed by atoms with Gasteiger partial charge in [0.2, 0.25) is 5.91 Å². The van der Waals surface area contributed by atoms with E-state index in [-0.39, 0.29) is 5.91 Å². The highest BCUT2D eigenvalue weighted by molar-refractivity contribution is 5.92. The summed E-state index contributed by atoms with van der Waals surface area (Å²) in [5, 5.41) is 2.83. The second kappa shape index (κ2) is 7.25. The number of rotatable bonds is 6. The summed E-state index contributed by atoms with van der Waals surface area (Å²) in [6, 6.07) is 10.9. The summed E-state index contributed by atoms with van der Waals surface area (Å²) in [7, 11) is 0. The average Bonchev–Trinajstić information content (AvgIpc) is 2.47. The highest BCUT2D eigenvalue weighted by atomic mass is 16.5. The van der Waals surface area contributed by atoms with Crippen LogP contribution in [0.5, 0.6) is 5.75 Å². The van der Waals surface area contributed by atoms with E-state index in [2.05, 4.69) is 10.3 Å². The van der Waals surface area contributed by atoms with E-state index >= 15 is 0 Å². The lowest BCUT2D eigenvalue weighted by Crippen LogP contribution is -2.14. The minimum atomic E-state index is -0.0753. The molecule has 5 heteroatoms. The maximum atomic E-state index is 11.9. The lowest BCUT2D eigenvalue weighted by atomic mass is 10.2. The third-order valence-electron chi connectivity index (χ3n) is 2.61. The SMILES string of the molecule is NCCOc1ccc(NC(=O)Cc2cccnc2)cc1. The van der Waals surface area contributed by atoms with Crippen LogP contribution in [0.4, 0.5) is 5.69 Å². The van der Waals surface area contributed by atoms with Crippen LogP contribution in [-0.2, 0) is 11.2 Å². The van der Waals surface area contributed by atoms with Gasteiger partial charge in [0.25, 0.3) is 0 Å². The summed E-state index contributed by atoms with van der Waals surface area (Å²) >= 11 is 0. The van der Waals surface area contributed by atoms with Crippen molar-refractivity contribution in [2.45, 2.75) is 6.42 Å². The van der Waals surface area contributed by atoms with Gasteiger partial charge >= 0.3 is 0 Å². The zero-order valence-corrected chi connectivity index (χ0v) is 11.1. The predicted molar refractivity (Wildman–Crippen MR) is 77.6 cm³/mol. The standard InChI is InChI=1S/C15H17N3O2/c16-7-9-20-14-5-3-13(4-6-14)18-15(19)10-12-2-1-8-17-11-12/h1-6,8,11H,7,9-10,16H2,(H,18,19). The Morgan fingerprint density at radius 3 is 2.70 bits per heavy atom. The molecule has 0 aliphatic carbocycles. The van der Waals surface area contributed by atoms with Crippen molar-refractivity contribution in [3.63, 3.8) is 0 Å². The monoisotopic (exact) mass is 271 g/mol. The molecule has 0 spiro atoms. The Morgan fingerprint density at radius 2 is 2.05 bits per heavy atom. The maximum absolute atomic E-state index is 11.9. The summed E-state index contributed by atoms with van der Waals surface area (Å²) in [6.45, 7) is 0.955. The van der Waals surface area contributed by atoms with E-state index in [4.69, 9.17) is 10.5 Å². The molecule has 1 aromatic carbocycles. The maximum Gasteiger partial charge on any atom is 0.228 e. The molecule has 0 saturated heterocycles. The first-order valence-corrected chi connectivity index (χ1v) is 6.39. The molecular formula is C15H17N3O2. The van der Waals surface area contributed by atoms with Crippen LogP contribution in [0, 0.1) is 0 Å². The van der Waals surface area contributed by atoms with Gasteiger partial charge in [-0.2, -0.15) is 0 Å². The Balaban J connectivity index is 1.88. The largest absolute Gasteiger partial charge is 0.492 e. The van der Waals surface area contributed by atoms with Crippen LogP contribution in [0.3, 0.4) is 0 Å². The second-order valence-corrected chi connectivity index (χ2v) is 4.25. The molecule has 104 valence electrons. The third-order valence-corrected chi connectivity index (χ3v) is 2.61. The van der Waals surface area contributed by atoms with Crippen molar-refractivity contribution >= 4 is 11.6 Å². The average molecular weight is 271 g/mol. The molecule has 0 radical (unpaired) electrons. The van der Waals surface area contributed by atoms with E-state index in [9.17, 15) is 4.79 Å². The second-order valence-electron chi connectivity index (χ2n) is 4.25. The molecule has 2 rings (SSSR count). The van der Waals surface area contributed by atoms with Crippen LogP contribution in [-0.4, -0.2) is 24.0 Å². The van der Waals surface area contributed by atoms with Gasteiger partial charge in [0.15, 0.2) is 0 Å². The zero-order valence-electron chi connectivity index (χ0n) is 11.1. The van der Waals surface area contributed by atoms with Gasteiger partial charge in [0.1, 0.15) is 12.4 Å². The number of anilines is 1. The molecule has 1 amide bonds. The number of hydrogen-bond acceptors (Lipinski definition) is 4. The van der Waals surface area contributed by atoms with Crippen molar-refractivity contribution in [2.24, 2.45) is 5.73 Å². The molecule has 0 aliphatic rings. The van der Waals surface area contributed by atoms with Crippen LogP contribution in [0.15, 0.2) is 48.8 Å². The molecule has 0 fully saturated rings. The zero-order chi connectivity index (χ0) is 14.2. The summed E-state index contributed by atoms with van der Waals surface area (Å²) in [5.74, 6) is 0.661. The summed E-state index contributed by atoms with van der Waals surface area (Å²) in [5.41, 5.74) is 6.98. The number of carbonyl (C=O) groups excluding carboxylic acids is 1. The Morgan fingerprint density at radius 1 is 1.25 bits per heavy atom. The summed E-state index contributed by atoms with van der Waals surface area (Å²) in [4.78, 5) is 15.8. The van der Waals surface area contributed by atoms with Crippen LogP contribution in [0.2, 0.25) is 0 Å². The highest BCUT2D eigenvalue weighted by Crippen LogP contribution is 2.15. The van der Waals surface area contributed by atoms with Gasteiger partial charge in [-0.1, -0.05) is 6.07 Å². The number of hydrogen-bond donors (Lipinski definition) is 2. The van der Waals surface area contributed by atoms with E-state index in [1.807, 2.05) is 12.1 Å². The first kappa shape index (κ1) is 14.0. The van der Waals surface area contributed by atoms with Gasteiger partial charge in [-0.15, -0.1) is 0 Å². The molecule has 0 aliphatic heterocycles. The van der Waals surface area contributed by atoms with Crippen molar-refractivity contribution in [3.8, 4) is 5.75 Å². The number of nitrogens with two attached hydrogens (primary N) is 1. The van der Waals surface area contributed by atoms with Crippen molar-refractivity contribution < 1.29 is 9.53 Å². The molecule has 2 aromatic rings. The number of nitrogens with zero attached hydrogens (tertiary/aromatic N) is 1. The van der Waals surface area contributed by atoms with Crippen molar-refractivity contribution in [1.29, 1.82) is 0 Å². The van der Waals surface area contributed by atoms with Crippen LogP contribution < -0.4 is 15.8 Å². The fourth-order valence-electron chi connectivity index (χ4n) is 1.70. The van der Waals surface area contributed by atoms with E-state index < -0.39 is 0 Å². The topological polar surface area (TPSA) is 77.2 Å². The minimum absolute atomic E-state index is 0.0753. The fraction of sp³-hybridized carbons (Fsp3) is 0.200. The molecule has 0 saturated carbocycles. The van der Waals surface area contributed by atoms with Gasteiger partial charge in [-0.3, -0.25) is 9.78 Å². The van der Waals surface area contributed by atoms with Crippen molar-refractivity contribution in [2.75, 3.05) is 18.5 Å². The minimum Gasteiger partial charge on any atom is -0.492 e. The number of aromatic nitrogens is 1. The van der Waals surface area contributed by atoms with Gasteiger partial charge in [-0.05, 0) is 35.9 Å². The Kier molecular flexibility index (Phi) is 5.08. The van der Waals surface area contributed by atoms with Crippen molar-refractivity contribution in [3.05, 3.63) is 54.4 Å². The van der Waals surface area contributed by atoms with Crippen molar-refractivity contribution in [1.82, 2.24) is 4.98 Å². The van der Waals surface area contributed by atoms with E-state index in [0.29, 0.717) is 19.6 Å². The summed E-state index contributed by atoms with van der Waals surface area (Å²) in [6.07, 6.45) is 3.67. The first-order chi connectivity index (χ1) is 9.78. The smallest absolute Gasteiger partial charge is 0.228 e. The van der Waals surface area contributed by atoms with Gasteiger partial charge in [0.05, 0.1) is 6.42 Å². The molecule has 1 heterocycles.